The summed E-state index contributed by atoms with van der Waals surface area (Å²) < 4.78 is 47.6. The van der Waals surface area contributed by atoms with Gasteiger partial charge in [0.25, 0.3) is 0 Å². The fraction of sp³-hybridized carbons (Fsp3) is 0.519. The number of hydrogen-bond acceptors (Lipinski definition) is 7. The minimum absolute atomic E-state index is 0.00870. The largest absolute Gasteiger partial charge is 0.473 e. The van der Waals surface area contributed by atoms with Crippen LogP contribution in [-0.2, 0) is 21.6 Å². The van der Waals surface area contributed by atoms with Gasteiger partial charge in [-0.2, -0.15) is 13.2 Å². The zero-order valence-corrected chi connectivity index (χ0v) is 22.6. The summed E-state index contributed by atoms with van der Waals surface area (Å²) >= 11 is 0. The van der Waals surface area contributed by atoms with Crippen LogP contribution in [0, 0.1) is 17.2 Å². The molecule has 39 heavy (non-hydrogen) atoms. The number of carbonyl (C=O) groups excluding carboxylic acids is 1. The van der Waals surface area contributed by atoms with E-state index in [1.54, 1.807) is 27.2 Å². The number of rotatable bonds is 6. The van der Waals surface area contributed by atoms with Crippen molar-refractivity contribution in [2.75, 3.05) is 17.3 Å². The van der Waals surface area contributed by atoms with Gasteiger partial charge in [-0.1, -0.05) is 20.3 Å². The van der Waals surface area contributed by atoms with Crippen molar-refractivity contribution in [3.05, 3.63) is 41.7 Å². The van der Waals surface area contributed by atoms with Crippen molar-refractivity contribution in [3.63, 3.8) is 0 Å². The lowest BCUT2D eigenvalue weighted by molar-refractivity contribution is -0.179. The number of pyridine rings is 1. The molecule has 1 amide bonds. The second-order valence-corrected chi connectivity index (χ2v) is 11.0. The van der Waals surface area contributed by atoms with Crippen LogP contribution < -0.4 is 10.2 Å². The third-order valence-electron chi connectivity index (χ3n) is 7.73. The fourth-order valence-corrected chi connectivity index (χ4v) is 5.70. The van der Waals surface area contributed by atoms with Crippen molar-refractivity contribution in [1.29, 1.82) is 5.41 Å². The maximum absolute atomic E-state index is 13.7. The Labute approximate surface area is 224 Å². The van der Waals surface area contributed by atoms with Gasteiger partial charge < -0.3 is 14.5 Å². The van der Waals surface area contributed by atoms with Gasteiger partial charge in [0.1, 0.15) is 18.2 Å². The number of ether oxygens (including phenoxy) is 1. The zero-order valence-electron chi connectivity index (χ0n) is 22.6. The van der Waals surface area contributed by atoms with Gasteiger partial charge in [0.05, 0.1) is 40.1 Å². The predicted molar refractivity (Wildman–Crippen MR) is 140 cm³/mol. The van der Waals surface area contributed by atoms with Crippen LogP contribution in [0.3, 0.4) is 0 Å². The summed E-state index contributed by atoms with van der Waals surface area (Å²) in [6, 6.07) is 3.76. The van der Waals surface area contributed by atoms with Gasteiger partial charge >= 0.3 is 6.18 Å². The average Bonchev–Trinajstić information content (AvgIpc) is 3.58. The van der Waals surface area contributed by atoms with Gasteiger partial charge in [-0.05, 0) is 44.7 Å². The van der Waals surface area contributed by atoms with Crippen LogP contribution in [0.25, 0.3) is 5.52 Å². The molecule has 3 aromatic heterocycles. The third kappa shape index (κ3) is 4.49. The van der Waals surface area contributed by atoms with E-state index in [9.17, 15) is 18.0 Å². The Morgan fingerprint density at radius 3 is 2.67 bits per heavy atom. The minimum Gasteiger partial charge on any atom is -0.473 e. The molecule has 9 nitrogen and oxygen atoms in total. The molecule has 0 saturated heterocycles. The summed E-state index contributed by atoms with van der Waals surface area (Å²) in [5, 5.41) is 11.2. The molecular formula is C27H32F3N7O2. The lowest BCUT2D eigenvalue weighted by atomic mass is 9.87. The van der Waals surface area contributed by atoms with Crippen LogP contribution in [0.2, 0.25) is 0 Å². The molecule has 0 aromatic carbocycles. The Bertz CT molecular complexity index is 1450. The quantitative estimate of drug-likeness (QED) is 0.304. The Balaban J connectivity index is 1.49. The molecule has 0 bridgehead atoms. The van der Waals surface area contributed by atoms with Gasteiger partial charge in [-0.3, -0.25) is 15.1 Å². The molecule has 2 unspecified atom stereocenters. The van der Waals surface area contributed by atoms with Crippen LogP contribution in [0.5, 0.6) is 0 Å². The van der Waals surface area contributed by atoms with Crippen molar-refractivity contribution in [1.82, 2.24) is 19.4 Å². The Hall–Kier alpha value is -3.70. The average molecular weight is 544 g/mol. The first kappa shape index (κ1) is 26.9. The number of aromatic nitrogens is 4. The lowest BCUT2D eigenvalue weighted by Gasteiger charge is -2.23. The summed E-state index contributed by atoms with van der Waals surface area (Å²) in [5.74, 6) is -2.03. The maximum Gasteiger partial charge on any atom is 0.392 e. The molecule has 0 spiro atoms. The van der Waals surface area contributed by atoms with E-state index in [1.165, 1.54) is 4.90 Å². The number of alkyl halides is 3. The second-order valence-electron chi connectivity index (χ2n) is 11.0. The van der Waals surface area contributed by atoms with Crippen molar-refractivity contribution in [3.8, 4) is 0 Å². The molecule has 1 aliphatic heterocycles. The first-order chi connectivity index (χ1) is 18.3. The van der Waals surface area contributed by atoms with Crippen LogP contribution in [-0.4, -0.2) is 44.4 Å². The maximum atomic E-state index is 13.7. The number of hydrogen-bond donors (Lipinski definition) is 2. The molecule has 2 N–H and O–H groups in total. The Morgan fingerprint density at radius 2 is 2.00 bits per heavy atom. The highest BCUT2D eigenvalue weighted by Crippen LogP contribution is 2.47. The number of carbonyl (C=O) groups is 1. The summed E-state index contributed by atoms with van der Waals surface area (Å²) in [5.41, 5.74) is 2.14. The molecule has 1 fully saturated rings. The highest BCUT2D eigenvalue weighted by Gasteiger charge is 2.50. The molecule has 208 valence electrons. The molecule has 1 saturated carbocycles. The zero-order chi connectivity index (χ0) is 28.3. The first-order valence-corrected chi connectivity index (χ1v) is 13.0. The van der Waals surface area contributed by atoms with E-state index in [2.05, 4.69) is 34.1 Å². The second kappa shape index (κ2) is 9.49. The summed E-state index contributed by atoms with van der Waals surface area (Å²) in [6.07, 6.45) is -0.207. The van der Waals surface area contributed by atoms with Crippen molar-refractivity contribution in [2.24, 2.45) is 11.8 Å². The topological polar surface area (TPSA) is 108 Å². The van der Waals surface area contributed by atoms with Crippen LogP contribution in [0.4, 0.5) is 30.5 Å². The van der Waals surface area contributed by atoms with E-state index in [0.717, 1.165) is 11.2 Å². The number of imidazole rings is 1. The summed E-state index contributed by atoms with van der Waals surface area (Å²) in [6.45, 7) is 7.44. The van der Waals surface area contributed by atoms with E-state index in [1.807, 2.05) is 22.7 Å². The number of fused-ring (bicyclic) bond motifs is 2. The number of anilines is 3. The van der Waals surface area contributed by atoms with E-state index in [0.29, 0.717) is 29.3 Å². The molecule has 3 aromatic rings. The van der Waals surface area contributed by atoms with E-state index in [-0.39, 0.29) is 37.1 Å². The molecule has 2 aliphatic rings. The van der Waals surface area contributed by atoms with Crippen LogP contribution >= 0.6 is 0 Å². The smallest absolute Gasteiger partial charge is 0.392 e. The van der Waals surface area contributed by atoms with Gasteiger partial charge in [0.15, 0.2) is 11.7 Å². The molecule has 5 rings (SSSR count). The Kier molecular flexibility index (Phi) is 6.54. The van der Waals surface area contributed by atoms with Crippen molar-refractivity contribution in [2.45, 2.75) is 71.1 Å². The molecule has 2 atom stereocenters. The molecule has 12 heteroatoms. The minimum atomic E-state index is -4.38. The number of nitrogens with one attached hydrogen (secondary N) is 2. The number of nitrogens with zero attached hydrogens (tertiary/aromatic N) is 5. The van der Waals surface area contributed by atoms with Crippen LogP contribution in [0.15, 0.2) is 24.7 Å². The van der Waals surface area contributed by atoms with E-state index in [4.69, 9.17) is 10.1 Å². The highest BCUT2D eigenvalue weighted by molar-refractivity contribution is 6.12. The van der Waals surface area contributed by atoms with Crippen LogP contribution in [0.1, 0.15) is 70.0 Å². The third-order valence-corrected chi connectivity index (χ3v) is 7.73. The van der Waals surface area contributed by atoms with Gasteiger partial charge in [-0.25, -0.2) is 15.0 Å². The summed E-state index contributed by atoms with van der Waals surface area (Å²) in [7, 11) is 1.68. The predicted octanol–water partition coefficient (Wildman–Crippen LogP) is 5.72. The highest BCUT2D eigenvalue weighted by atomic mass is 19.4. The van der Waals surface area contributed by atoms with E-state index >= 15 is 0 Å². The lowest BCUT2D eigenvalue weighted by Crippen LogP contribution is -2.33. The molecular weight excluding hydrogens is 511 g/mol. The molecule has 4 heterocycles. The molecule has 1 aliphatic carbocycles. The standard InChI is InChI=1S/C27H32F3N7O2/c1-14(2)21-18-10-9-15(11-36(18)13-33-21)37-24-20(26(3,4)25(37)38)23(32-5)34-19(35-24)12-39-22(31)16-7-6-8-17(16)27(28,29)30/h9-11,13-14,16-17,31H,6-8,12H2,1-5H3,(H,32,34,35). The molecule has 0 radical (unpaired) electrons. The summed E-state index contributed by atoms with van der Waals surface area (Å²) in [4.78, 5) is 28.9. The van der Waals surface area contributed by atoms with E-state index < -0.39 is 29.3 Å². The first-order valence-electron chi connectivity index (χ1n) is 13.0. The van der Waals surface area contributed by atoms with Crippen molar-refractivity contribution >= 4 is 34.6 Å². The number of halogens is 3. The monoisotopic (exact) mass is 543 g/mol. The van der Waals surface area contributed by atoms with Gasteiger partial charge in [0, 0.05) is 19.2 Å². The van der Waals surface area contributed by atoms with Gasteiger partial charge in [0.2, 0.25) is 5.91 Å². The van der Waals surface area contributed by atoms with Gasteiger partial charge in [-0.15, -0.1) is 0 Å². The normalized spacial score (nSPS) is 20.6. The number of amides is 1. The Morgan fingerprint density at radius 1 is 1.26 bits per heavy atom. The van der Waals surface area contributed by atoms with Crippen molar-refractivity contribution < 1.29 is 22.7 Å². The SMILES string of the molecule is CNc1nc(COC(=N)C2CCCC2C(F)(F)F)nc2c1C(C)(C)C(=O)N2c1ccc2c(C(C)C)ncn2c1. The fourth-order valence-electron chi connectivity index (χ4n) is 5.70.